The molecular weight excluding hydrogens is 354 g/mol. The lowest BCUT2D eigenvalue weighted by atomic mass is 10.1. The molecule has 0 radical (unpaired) electrons. The van der Waals surface area contributed by atoms with Gasteiger partial charge in [0.15, 0.2) is 6.61 Å². The fourth-order valence-electron chi connectivity index (χ4n) is 3.46. The van der Waals surface area contributed by atoms with Gasteiger partial charge in [0.1, 0.15) is 11.8 Å². The van der Waals surface area contributed by atoms with E-state index in [1.807, 2.05) is 62.4 Å². The summed E-state index contributed by atoms with van der Waals surface area (Å²) in [6.45, 7) is 4.70. The largest absolute Gasteiger partial charge is 0.484 e. The summed E-state index contributed by atoms with van der Waals surface area (Å²) in [4.78, 5) is 19.0. The monoisotopic (exact) mass is 377 g/mol. The number of hydrogen-bond donors (Lipinski definition) is 0. The van der Waals surface area contributed by atoms with Crippen LogP contribution >= 0.6 is 0 Å². The van der Waals surface area contributed by atoms with Crippen LogP contribution in [0.5, 0.6) is 5.75 Å². The van der Waals surface area contributed by atoms with Crippen molar-refractivity contribution < 1.29 is 14.1 Å². The molecule has 3 aromatic rings. The van der Waals surface area contributed by atoms with Gasteiger partial charge in [-0.05, 0) is 44.9 Å². The summed E-state index contributed by atoms with van der Waals surface area (Å²) in [5.74, 6) is 1.65. The molecule has 144 valence electrons. The van der Waals surface area contributed by atoms with Gasteiger partial charge in [-0.25, -0.2) is 0 Å². The Labute approximate surface area is 164 Å². The van der Waals surface area contributed by atoms with Crippen LogP contribution in [0.1, 0.15) is 35.9 Å². The first-order chi connectivity index (χ1) is 13.6. The zero-order chi connectivity index (χ0) is 19.5. The first-order valence-electron chi connectivity index (χ1n) is 9.50. The molecule has 0 aliphatic carbocycles. The van der Waals surface area contributed by atoms with Crippen LogP contribution in [0.3, 0.4) is 0 Å². The Balaban J connectivity index is 1.44. The quantitative estimate of drug-likeness (QED) is 0.670. The fourth-order valence-corrected chi connectivity index (χ4v) is 3.46. The zero-order valence-electron chi connectivity index (χ0n) is 16.1. The Bertz CT molecular complexity index is 965. The highest BCUT2D eigenvalue weighted by Crippen LogP contribution is 2.32. The minimum Gasteiger partial charge on any atom is -0.484 e. The number of benzene rings is 2. The molecular formula is C22H23N3O3. The van der Waals surface area contributed by atoms with Crippen molar-refractivity contribution in [3.63, 3.8) is 0 Å². The van der Waals surface area contributed by atoms with Crippen LogP contribution < -0.4 is 4.74 Å². The van der Waals surface area contributed by atoms with Crippen LogP contribution in [0, 0.1) is 13.8 Å². The summed E-state index contributed by atoms with van der Waals surface area (Å²) in [5.41, 5.74) is 3.20. The molecule has 1 aliphatic rings. The van der Waals surface area contributed by atoms with E-state index >= 15 is 0 Å². The Morgan fingerprint density at radius 3 is 2.79 bits per heavy atom. The Hall–Kier alpha value is -3.15. The van der Waals surface area contributed by atoms with Gasteiger partial charge in [-0.3, -0.25) is 4.79 Å². The third-order valence-corrected chi connectivity index (χ3v) is 4.96. The van der Waals surface area contributed by atoms with E-state index < -0.39 is 0 Å². The summed E-state index contributed by atoms with van der Waals surface area (Å²) in [5, 5.41) is 4.11. The number of aryl methyl sites for hydroxylation is 2. The van der Waals surface area contributed by atoms with Gasteiger partial charge in [0, 0.05) is 12.1 Å². The number of hydrogen-bond acceptors (Lipinski definition) is 5. The summed E-state index contributed by atoms with van der Waals surface area (Å²) < 4.78 is 11.2. The Morgan fingerprint density at radius 1 is 1.18 bits per heavy atom. The molecule has 1 amide bonds. The van der Waals surface area contributed by atoms with Gasteiger partial charge >= 0.3 is 0 Å². The second-order valence-corrected chi connectivity index (χ2v) is 7.17. The number of ether oxygens (including phenoxy) is 1. The molecule has 2 aromatic carbocycles. The molecule has 1 saturated heterocycles. The van der Waals surface area contributed by atoms with Gasteiger partial charge in [-0.15, -0.1) is 0 Å². The number of aromatic nitrogens is 2. The molecule has 2 heterocycles. The molecule has 1 aliphatic heterocycles. The van der Waals surface area contributed by atoms with Crippen molar-refractivity contribution in [2.45, 2.75) is 32.7 Å². The lowest BCUT2D eigenvalue weighted by Crippen LogP contribution is -2.34. The summed E-state index contributed by atoms with van der Waals surface area (Å²) in [6, 6.07) is 15.4. The molecule has 1 unspecified atom stereocenters. The van der Waals surface area contributed by atoms with E-state index in [1.165, 1.54) is 0 Å². The molecule has 28 heavy (non-hydrogen) atoms. The number of carbonyl (C=O) groups is 1. The number of likely N-dealkylation sites (tertiary alicyclic amines) is 1. The van der Waals surface area contributed by atoms with E-state index in [-0.39, 0.29) is 18.6 Å². The Morgan fingerprint density at radius 2 is 2.00 bits per heavy atom. The van der Waals surface area contributed by atoms with E-state index in [2.05, 4.69) is 10.1 Å². The second kappa shape index (κ2) is 7.84. The molecule has 1 aromatic heterocycles. The normalized spacial score (nSPS) is 16.4. The van der Waals surface area contributed by atoms with Crippen LogP contribution in [0.25, 0.3) is 11.4 Å². The van der Waals surface area contributed by atoms with Gasteiger partial charge in [0.2, 0.25) is 11.7 Å². The van der Waals surface area contributed by atoms with Crippen LogP contribution in [-0.2, 0) is 4.79 Å². The minimum absolute atomic E-state index is 0.00155. The van der Waals surface area contributed by atoms with Crippen molar-refractivity contribution in [2.75, 3.05) is 13.2 Å². The van der Waals surface area contributed by atoms with E-state index in [4.69, 9.17) is 9.26 Å². The van der Waals surface area contributed by atoms with Gasteiger partial charge < -0.3 is 14.2 Å². The summed E-state index contributed by atoms with van der Waals surface area (Å²) >= 11 is 0. The van der Waals surface area contributed by atoms with Crippen molar-refractivity contribution in [2.24, 2.45) is 0 Å². The summed E-state index contributed by atoms with van der Waals surface area (Å²) in [7, 11) is 0. The lowest BCUT2D eigenvalue weighted by molar-refractivity contribution is -0.134. The zero-order valence-corrected chi connectivity index (χ0v) is 16.1. The SMILES string of the molecule is Cc1ccc(OCC(=O)N2CCCC2c2nc(-c3cccc(C)c3)no2)cc1. The van der Waals surface area contributed by atoms with E-state index in [9.17, 15) is 4.79 Å². The number of nitrogens with zero attached hydrogens (tertiary/aromatic N) is 3. The van der Waals surface area contributed by atoms with Gasteiger partial charge in [-0.1, -0.05) is 46.6 Å². The highest BCUT2D eigenvalue weighted by molar-refractivity contribution is 5.78. The molecule has 0 spiro atoms. The van der Waals surface area contributed by atoms with E-state index in [0.29, 0.717) is 24.0 Å². The molecule has 0 N–H and O–H groups in total. The standard InChI is InChI=1S/C22H23N3O3/c1-15-8-10-18(11-9-15)27-14-20(26)25-12-4-7-19(25)22-23-21(24-28-22)17-6-3-5-16(2)13-17/h3,5-6,8-11,13,19H,4,7,12,14H2,1-2H3. The third-order valence-electron chi connectivity index (χ3n) is 4.96. The topological polar surface area (TPSA) is 68.5 Å². The van der Waals surface area contributed by atoms with E-state index in [0.717, 1.165) is 29.5 Å². The van der Waals surface area contributed by atoms with Gasteiger partial charge in [-0.2, -0.15) is 4.98 Å². The molecule has 1 fully saturated rings. The van der Waals surface area contributed by atoms with Crippen molar-refractivity contribution in [3.05, 3.63) is 65.5 Å². The first kappa shape index (κ1) is 18.2. The van der Waals surface area contributed by atoms with Crippen LogP contribution in [0.15, 0.2) is 53.1 Å². The molecule has 1 atom stereocenters. The van der Waals surface area contributed by atoms with Crippen molar-refractivity contribution in [3.8, 4) is 17.1 Å². The average Bonchev–Trinajstić information content (AvgIpc) is 3.36. The van der Waals surface area contributed by atoms with Gasteiger partial charge in [0.25, 0.3) is 5.91 Å². The third kappa shape index (κ3) is 3.91. The molecule has 6 heteroatoms. The van der Waals surface area contributed by atoms with Crippen molar-refractivity contribution >= 4 is 5.91 Å². The number of rotatable bonds is 5. The number of carbonyl (C=O) groups excluding carboxylic acids is 1. The predicted molar refractivity (Wildman–Crippen MR) is 105 cm³/mol. The average molecular weight is 377 g/mol. The predicted octanol–water partition coefficient (Wildman–Crippen LogP) is 4.10. The highest BCUT2D eigenvalue weighted by atomic mass is 16.5. The minimum atomic E-state index is -0.194. The highest BCUT2D eigenvalue weighted by Gasteiger charge is 2.34. The maximum atomic E-state index is 12.7. The van der Waals surface area contributed by atoms with Gasteiger partial charge in [0.05, 0.1) is 0 Å². The maximum Gasteiger partial charge on any atom is 0.261 e. The number of amides is 1. The fraction of sp³-hybridized carbons (Fsp3) is 0.318. The second-order valence-electron chi connectivity index (χ2n) is 7.17. The molecule has 0 bridgehead atoms. The van der Waals surface area contributed by atoms with Crippen molar-refractivity contribution in [1.29, 1.82) is 0 Å². The molecule has 0 saturated carbocycles. The van der Waals surface area contributed by atoms with Crippen LogP contribution in [0.4, 0.5) is 0 Å². The van der Waals surface area contributed by atoms with Crippen LogP contribution in [0.2, 0.25) is 0 Å². The maximum absolute atomic E-state index is 12.7. The summed E-state index contributed by atoms with van der Waals surface area (Å²) in [6.07, 6.45) is 1.72. The van der Waals surface area contributed by atoms with E-state index in [1.54, 1.807) is 4.90 Å². The molecule has 4 rings (SSSR count). The molecule has 6 nitrogen and oxygen atoms in total. The Kier molecular flexibility index (Phi) is 5.10. The first-order valence-corrected chi connectivity index (χ1v) is 9.50. The van der Waals surface area contributed by atoms with Crippen LogP contribution in [-0.4, -0.2) is 34.1 Å². The van der Waals surface area contributed by atoms with Crippen molar-refractivity contribution in [1.82, 2.24) is 15.0 Å². The smallest absolute Gasteiger partial charge is 0.261 e. The lowest BCUT2D eigenvalue weighted by Gasteiger charge is -2.21.